The molecule has 0 spiro atoms. The summed E-state index contributed by atoms with van der Waals surface area (Å²) < 4.78 is 49.0. The molecule has 1 aliphatic rings. The van der Waals surface area contributed by atoms with Crippen LogP contribution in [0.25, 0.3) is 0 Å². The summed E-state index contributed by atoms with van der Waals surface area (Å²) in [7, 11) is -2.37. The van der Waals surface area contributed by atoms with E-state index in [-0.39, 0.29) is 49.5 Å². The minimum Gasteiger partial charge on any atom is -0.497 e. The van der Waals surface area contributed by atoms with Crippen LogP contribution < -0.4 is 4.74 Å². The second kappa shape index (κ2) is 12.8. The Morgan fingerprint density at radius 2 is 2.06 bits per heavy atom. The number of nitrogens with zero attached hydrogens (tertiary/aromatic N) is 1. The van der Waals surface area contributed by atoms with Crippen molar-refractivity contribution >= 4 is 27.3 Å². The maximum Gasteiger partial charge on any atom is 0.373 e. The normalized spacial score (nSPS) is 18.0. The fourth-order valence-electron chi connectivity index (χ4n) is 3.46. The number of hydrogen-bond donors (Lipinski definition) is 1. The Balaban J connectivity index is 1.67. The Kier molecular flexibility index (Phi) is 9.87. The van der Waals surface area contributed by atoms with Crippen LogP contribution in [0.1, 0.15) is 17.2 Å². The minimum atomic E-state index is -3.87. The molecule has 0 fully saturated rings. The third-order valence-electron chi connectivity index (χ3n) is 5.19. The van der Waals surface area contributed by atoms with Crippen molar-refractivity contribution in [3.63, 3.8) is 0 Å². The second-order valence-corrected chi connectivity index (χ2v) is 10.4. The van der Waals surface area contributed by atoms with Crippen LogP contribution in [0, 0.1) is 0 Å². The van der Waals surface area contributed by atoms with Crippen LogP contribution in [0.15, 0.2) is 71.2 Å². The summed E-state index contributed by atoms with van der Waals surface area (Å²) in [5.41, 5.74) is 0. The largest absolute Gasteiger partial charge is 0.497 e. The third kappa shape index (κ3) is 7.15. The zero-order valence-corrected chi connectivity index (χ0v) is 21.0. The van der Waals surface area contributed by atoms with E-state index >= 15 is 0 Å². The van der Waals surface area contributed by atoms with E-state index in [2.05, 4.69) is 6.58 Å². The lowest BCUT2D eigenvalue weighted by Crippen LogP contribution is -2.37. The molecule has 190 valence electrons. The van der Waals surface area contributed by atoms with Crippen molar-refractivity contribution < 1.29 is 37.3 Å². The fourth-order valence-corrected chi connectivity index (χ4v) is 5.68. The number of rotatable bonds is 13. The predicted octanol–water partition coefficient (Wildman–Crippen LogP) is 2.90. The van der Waals surface area contributed by atoms with Crippen LogP contribution in [0.3, 0.4) is 0 Å². The summed E-state index contributed by atoms with van der Waals surface area (Å²) >= 11 is 1.55. The molecule has 0 saturated carbocycles. The minimum absolute atomic E-state index is 0.00774. The van der Waals surface area contributed by atoms with Crippen molar-refractivity contribution in [2.75, 3.05) is 40.0 Å². The van der Waals surface area contributed by atoms with E-state index in [0.29, 0.717) is 12.2 Å². The van der Waals surface area contributed by atoms with Crippen molar-refractivity contribution in [1.29, 1.82) is 0 Å². The van der Waals surface area contributed by atoms with Crippen LogP contribution in [0.5, 0.6) is 5.75 Å². The quantitative estimate of drug-likeness (QED) is 0.315. The molecule has 1 aromatic heterocycles. The van der Waals surface area contributed by atoms with Crippen molar-refractivity contribution in [1.82, 2.24) is 4.31 Å². The van der Waals surface area contributed by atoms with E-state index in [1.165, 1.54) is 25.3 Å². The van der Waals surface area contributed by atoms with Crippen LogP contribution in [-0.2, 0) is 29.0 Å². The van der Waals surface area contributed by atoms with Crippen LogP contribution in [0.2, 0.25) is 0 Å². The zero-order chi connectivity index (χ0) is 25.3. The van der Waals surface area contributed by atoms with Gasteiger partial charge in [0.1, 0.15) is 12.4 Å². The van der Waals surface area contributed by atoms with Gasteiger partial charge in [-0.25, -0.2) is 13.2 Å². The van der Waals surface area contributed by atoms with Gasteiger partial charge in [0.25, 0.3) is 0 Å². The highest BCUT2D eigenvalue weighted by atomic mass is 32.2. The molecule has 2 aromatic rings. The van der Waals surface area contributed by atoms with E-state index < -0.39 is 22.3 Å². The van der Waals surface area contributed by atoms with Crippen molar-refractivity contribution in [3.05, 3.63) is 71.1 Å². The van der Waals surface area contributed by atoms with Gasteiger partial charge < -0.3 is 24.1 Å². The average Bonchev–Trinajstić information content (AvgIpc) is 3.42. The summed E-state index contributed by atoms with van der Waals surface area (Å²) in [6, 6.07) is 9.89. The van der Waals surface area contributed by atoms with Gasteiger partial charge in [0.15, 0.2) is 0 Å². The number of ether oxygens (including phenoxy) is 4. The number of carbonyl (C=O) groups excluding carboxylic acids is 1. The average molecular weight is 524 g/mol. The standard InChI is InChI=1S/C24H29NO8S2/c1-3-13-32-24(27)21-16-18(22-5-4-15-34-22)17-23(33-21)31-14-11-25(10-12-26)35(28,29)20-8-6-19(30-2)7-9-20/h3-9,15-16,18,23,26H,1,10-14,17H2,2H3/t18-,23+/m0/s1. The number of aliphatic hydroxyl groups is 1. The van der Waals surface area contributed by atoms with Gasteiger partial charge in [0, 0.05) is 30.3 Å². The molecule has 1 aliphatic heterocycles. The summed E-state index contributed by atoms with van der Waals surface area (Å²) in [6.45, 7) is 3.11. The summed E-state index contributed by atoms with van der Waals surface area (Å²) in [6.07, 6.45) is 2.84. The molecule has 0 unspecified atom stereocenters. The van der Waals surface area contributed by atoms with E-state index in [9.17, 15) is 18.3 Å². The van der Waals surface area contributed by atoms with Gasteiger partial charge in [-0.1, -0.05) is 18.7 Å². The maximum absolute atomic E-state index is 13.1. The summed E-state index contributed by atoms with van der Waals surface area (Å²) in [5.74, 6) is -0.161. The van der Waals surface area contributed by atoms with E-state index in [1.54, 1.807) is 29.5 Å². The summed E-state index contributed by atoms with van der Waals surface area (Å²) in [5, 5.41) is 11.4. The molecule has 0 amide bonds. The molecular formula is C24H29NO8S2. The molecular weight excluding hydrogens is 494 g/mol. The van der Waals surface area contributed by atoms with Crippen LogP contribution in [0.4, 0.5) is 0 Å². The molecule has 9 nitrogen and oxygen atoms in total. The van der Waals surface area contributed by atoms with Crippen molar-refractivity contribution in [3.8, 4) is 5.75 Å². The Morgan fingerprint density at radius 3 is 2.69 bits per heavy atom. The Labute approximate surface area is 209 Å². The lowest BCUT2D eigenvalue weighted by atomic mass is 10.00. The molecule has 11 heteroatoms. The molecule has 0 aliphatic carbocycles. The Bertz CT molecular complexity index is 1100. The highest BCUT2D eigenvalue weighted by molar-refractivity contribution is 7.89. The number of hydrogen-bond acceptors (Lipinski definition) is 9. The molecule has 0 bridgehead atoms. The topological polar surface area (TPSA) is 112 Å². The first-order chi connectivity index (χ1) is 16.9. The number of allylic oxidation sites excluding steroid dienone is 1. The number of benzene rings is 1. The lowest BCUT2D eigenvalue weighted by molar-refractivity contribution is -0.160. The van der Waals surface area contributed by atoms with Gasteiger partial charge in [-0.2, -0.15) is 4.31 Å². The van der Waals surface area contributed by atoms with Crippen molar-refractivity contribution in [2.45, 2.75) is 23.5 Å². The fraction of sp³-hybridized carbons (Fsp3) is 0.375. The highest BCUT2D eigenvalue weighted by Gasteiger charge is 2.31. The third-order valence-corrected chi connectivity index (χ3v) is 8.11. The van der Waals surface area contributed by atoms with E-state index in [0.717, 1.165) is 9.18 Å². The molecule has 35 heavy (non-hydrogen) atoms. The number of esters is 1. The molecule has 2 heterocycles. The predicted molar refractivity (Wildman–Crippen MR) is 131 cm³/mol. The smallest absolute Gasteiger partial charge is 0.373 e. The van der Waals surface area contributed by atoms with Gasteiger partial charge in [0.2, 0.25) is 22.1 Å². The number of carbonyl (C=O) groups is 1. The molecule has 2 atom stereocenters. The van der Waals surface area contributed by atoms with E-state index in [4.69, 9.17) is 18.9 Å². The Hall–Kier alpha value is -2.70. The van der Waals surface area contributed by atoms with Gasteiger partial charge in [-0.05, 0) is 41.8 Å². The molecule has 1 N–H and O–H groups in total. The van der Waals surface area contributed by atoms with Crippen LogP contribution in [-0.4, -0.2) is 70.1 Å². The highest BCUT2D eigenvalue weighted by Crippen LogP contribution is 2.34. The van der Waals surface area contributed by atoms with Gasteiger partial charge in [0.05, 0.1) is 25.2 Å². The molecule has 0 radical (unpaired) electrons. The number of sulfonamides is 1. The number of aliphatic hydroxyl groups excluding tert-OH is 1. The van der Waals surface area contributed by atoms with Gasteiger partial charge >= 0.3 is 5.97 Å². The van der Waals surface area contributed by atoms with Crippen LogP contribution >= 0.6 is 11.3 Å². The van der Waals surface area contributed by atoms with E-state index in [1.807, 2.05) is 17.5 Å². The van der Waals surface area contributed by atoms with Gasteiger partial charge in [-0.15, -0.1) is 11.3 Å². The van der Waals surface area contributed by atoms with Gasteiger partial charge in [-0.3, -0.25) is 0 Å². The second-order valence-electron chi connectivity index (χ2n) is 7.50. The Morgan fingerprint density at radius 1 is 1.29 bits per heavy atom. The van der Waals surface area contributed by atoms with Crippen molar-refractivity contribution in [2.24, 2.45) is 0 Å². The molecule has 0 saturated heterocycles. The first kappa shape index (κ1) is 26.9. The molecule has 3 rings (SSSR count). The number of methoxy groups -OCH3 is 1. The molecule has 1 aromatic carbocycles. The zero-order valence-electron chi connectivity index (χ0n) is 19.4. The SMILES string of the molecule is C=CCOC(=O)C1=C[C@H](c2cccs2)C[C@H](OCCN(CCO)S(=O)(=O)c2ccc(OC)cc2)O1. The lowest BCUT2D eigenvalue weighted by Gasteiger charge is -2.29. The summed E-state index contributed by atoms with van der Waals surface area (Å²) in [4.78, 5) is 13.5. The monoisotopic (exact) mass is 523 g/mol. The first-order valence-corrected chi connectivity index (χ1v) is 13.3. The first-order valence-electron chi connectivity index (χ1n) is 11.0. The maximum atomic E-state index is 13.1. The number of thiophene rings is 1.